The lowest BCUT2D eigenvalue weighted by molar-refractivity contribution is 1.15. The summed E-state index contributed by atoms with van der Waals surface area (Å²) in [5.41, 5.74) is 4.08. The van der Waals surface area contributed by atoms with Gasteiger partial charge in [-0.2, -0.15) is 0 Å². The molecule has 3 rings (SSSR count). The van der Waals surface area contributed by atoms with E-state index in [0.717, 1.165) is 22.8 Å². The molecule has 0 amide bonds. The number of nitrogens with zero attached hydrogens (tertiary/aromatic N) is 3. The standard InChI is InChI=1S/C23H23N3/c1-4-5-11-20(16-24-3)26(21-15-14-18(2)25-17-21)23-13-8-10-19-9-6-7-12-22(19)23/h4-17H,1-3H3/b5-4+,20-11+,24-16?. The molecule has 0 aliphatic rings. The number of pyridine rings is 1. The van der Waals surface area contributed by atoms with E-state index < -0.39 is 0 Å². The molecule has 0 bridgehead atoms. The number of allylic oxidation sites excluding steroid dienone is 4. The Morgan fingerprint density at radius 3 is 2.58 bits per heavy atom. The zero-order valence-electron chi connectivity index (χ0n) is 15.4. The Morgan fingerprint density at radius 2 is 1.85 bits per heavy atom. The van der Waals surface area contributed by atoms with Crippen LogP contribution in [0.3, 0.4) is 0 Å². The van der Waals surface area contributed by atoms with E-state index in [1.54, 1.807) is 7.05 Å². The monoisotopic (exact) mass is 341 g/mol. The average molecular weight is 341 g/mol. The second-order valence-corrected chi connectivity index (χ2v) is 6.00. The summed E-state index contributed by atoms with van der Waals surface area (Å²) in [4.78, 5) is 11.0. The molecule has 0 atom stereocenters. The number of aryl methyl sites for hydroxylation is 1. The van der Waals surface area contributed by atoms with Gasteiger partial charge in [0.2, 0.25) is 0 Å². The van der Waals surface area contributed by atoms with E-state index in [1.807, 2.05) is 44.5 Å². The molecule has 0 saturated carbocycles. The molecule has 0 spiro atoms. The highest BCUT2D eigenvalue weighted by Gasteiger charge is 2.16. The SMILES string of the molecule is C/C=C/C=C(\C=NC)N(c1ccc(C)nc1)c1cccc2ccccc12. The minimum absolute atomic E-state index is 0.979. The highest BCUT2D eigenvalue weighted by atomic mass is 15.2. The van der Waals surface area contributed by atoms with Crippen LogP contribution in [0.5, 0.6) is 0 Å². The summed E-state index contributed by atoms with van der Waals surface area (Å²) < 4.78 is 0. The number of aliphatic imine (C=N–C) groups is 1. The molecule has 3 nitrogen and oxygen atoms in total. The van der Waals surface area contributed by atoms with Crippen molar-refractivity contribution in [2.75, 3.05) is 11.9 Å². The maximum Gasteiger partial charge on any atom is 0.0646 e. The largest absolute Gasteiger partial charge is 0.307 e. The fourth-order valence-electron chi connectivity index (χ4n) is 2.93. The number of fused-ring (bicyclic) bond motifs is 1. The zero-order valence-corrected chi connectivity index (χ0v) is 15.4. The molecule has 0 radical (unpaired) electrons. The van der Waals surface area contributed by atoms with Crippen molar-refractivity contribution in [2.24, 2.45) is 4.99 Å². The predicted molar refractivity (Wildman–Crippen MR) is 112 cm³/mol. The van der Waals surface area contributed by atoms with E-state index in [-0.39, 0.29) is 0 Å². The van der Waals surface area contributed by atoms with Gasteiger partial charge in [-0.25, -0.2) is 0 Å². The summed E-state index contributed by atoms with van der Waals surface area (Å²) in [6.45, 7) is 4.00. The third-order valence-corrected chi connectivity index (χ3v) is 4.14. The number of benzene rings is 2. The van der Waals surface area contributed by atoms with Crippen molar-refractivity contribution in [2.45, 2.75) is 13.8 Å². The molecule has 0 aliphatic heterocycles. The lowest BCUT2D eigenvalue weighted by atomic mass is 10.1. The molecular formula is C23H23N3. The summed E-state index contributed by atoms with van der Waals surface area (Å²) in [6, 6.07) is 18.9. The summed E-state index contributed by atoms with van der Waals surface area (Å²) in [7, 11) is 1.79. The van der Waals surface area contributed by atoms with Gasteiger partial charge in [0.1, 0.15) is 0 Å². The zero-order chi connectivity index (χ0) is 18.4. The Hall–Kier alpha value is -3.20. The van der Waals surface area contributed by atoms with Gasteiger partial charge < -0.3 is 4.90 Å². The third-order valence-electron chi connectivity index (χ3n) is 4.14. The minimum atomic E-state index is 0.979. The van der Waals surface area contributed by atoms with Crippen molar-refractivity contribution in [3.63, 3.8) is 0 Å². The highest BCUT2D eigenvalue weighted by molar-refractivity contribution is 6.00. The number of hydrogen-bond donors (Lipinski definition) is 0. The van der Waals surface area contributed by atoms with Crippen LogP contribution in [0.15, 0.2) is 89.7 Å². The molecule has 1 aromatic heterocycles. The van der Waals surface area contributed by atoms with Gasteiger partial charge in [-0.1, -0.05) is 48.6 Å². The lowest BCUT2D eigenvalue weighted by Gasteiger charge is -2.27. The summed E-state index contributed by atoms with van der Waals surface area (Å²) in [6.07, 6.45) is 9.88. The Kier molecular flexibility index (Phi) is 5.59. The number of hydrogen-bond acceptors (Lipinski definition) is 3. The molecule has 2 aromatic carbocycles. The van der Waals surface area contributed by atoms with Gasteiger partial charge in [0.05, 0.1) is 23.3 Å². The molecule has 26 heavy (non-hydrogen) atoms. The van der Waals surface area contributed by atoms with Gasteiger partial charge in [-0.15, -0.1) is 0 Å². The van der Waals surface area contributed by atoms with Gasteiger partial charge in [-0.05, 0) is 43.5 Å². The first-order valence-electron chi connectivity index (χ1n) is 8.70. The molecule has 0 saturated heterocycles. The van der Waals surface area contributed by atoms with Crippen LogP contribution in [0.1, 0.15) is 12.6 Å². The smallest absolute Gasteiger partial charge is 0.0646 e. The number of aromatic nitrogens is 1. The van der Waals surface area contributed by atoms with Crippen molar-refractivity contribution < 1.29 is 0 Å². The Bertz CT molecular complexity index is 961. The first-order valence-corrected chi connectivity index (χ1v) is 8.70. The maximum absolute atomic E-state index is 4.50. The summed E-state index contributed by atoms with van der Waals surface area (Å²) >= 11 is 0. The van der Waals surface area contributed by atoms with E-state index in [1.165, 1.54) is 10.8 Å². The minimum Gasteiger partial charge on any atom is -0.307 e. The molecule has 130 valence electrons. The number of rotatable bonds is 5. The van der Waals surface area contributed by atoms with Crippen LogP contribution in [0.25, 0.3) is 10.8 Å². The molecular weight excluding hydrogens is 318 g/mol. The van der Waals surface area contributed by atoms with Crippen molar-refractivity contribution in [1.82, 2.24) is 4.98 Å². The second kappa shape index (κ2) is 8.26. The molecule has 3 aromatic rings. The quantitative estimate of drug-likeness (QED) is 0.431. The molecule has 0 N–H and O–H groups in total. The van der Waals surface area contributed by atoms with Crippen molar-refractivity contribution in [1.29, 1.82) is 0 Å². The fraction of sp³-hybridized carbons (Fsp3) is 0.130. The molecule has 0 unspecified atom stereocenters. The Morgan fingerprint density at radius 1 is 1.04 bits per heavy atom. The van der Waals surface area contributed by atoms with Crippen LogP contribution < -0.4 is 4.90 Å². The first kappa shape index (κ1) is 17.6. The van der Waals surface area contributed by atoms with E-state index in [2.05, 4.69) is 69.5 Å². The van der Waals surface area contributed by atoms with Gasteiger partial charge in [0.25, 0.3) is 0 Å². The topological polar surface area (TPSA) is 28.5 Å². The molecule has 0 aliphatic carbocycles. The summed E-state index contributed by atoms with van der Waals surface area (Å²) in [5.74, 6) is 0. The van der Waals surface area contributed by atoms with Gasteiger partial charge in [-0.3, -0.25) is 9.98 Å². The second-order valence-electron chi connectivity index (χ2n) is 6.00. The van der Waals surface area contributed by atoms with Crippen LogP contribution in [0.4, 0.5) is 11.4 Å². The highest BCUT2D eigenvalue weighted by Crippen LogP contribution is 2.34. The maximum atomic E-state index is 4.50. The molecule has 1 heterocycles. The van der Waals surface area contributed by atoms with Crippen LogP contribution in [-0.2, 0) is 0 Å². The fourth-order valence-corrected chi connectivity index (χ4v) is 2.93. The van der Waals surface area contributed by atoms with E-state index in [4.69, 9.17) is 0 Å². The van der Waals surface area contributed by atoms with Crippen LogP contribution in [-0.4, -0.2) is 18.2 Å². The van der Waals surface area contributed by atoms with E-state index in [9.17, 15) is 0 Å². The third kappa shape index (κ3) is 3.72. The Balaban J connectivity index is 2.27. The normalized spacial score (nSPS) is 12.3. The first-order chi connectivity index (χ1) is 12.7. The van der Waals surface area contributed by atoms with Crippen LogP contribution >= 0.6 is 0 Å². The van der Waals surface area contributed by atoms with E-state index >= 15 is 0 Å². The molecule has 3 heteroatoms. The lowest BCUT2D eigenvalue weighted by Crippen LogP contribution is -2.18. The molecule has 0 fully saturated rings. The average Bonchev–Trinajstić information content (AvgIpc) is 2.68. The van der Waals surface area contributed by atoms with Gasteiger partial charge in [0.15, 0.2) is 0 Å². The Labute approximate surface area is 155 Å². The van der Waals surface area contributed by atoms with Crippen molar-refractivity contribution >= 4 is 28.4 Å². The van der Waals surface area contributed by atoms with Crippen molar-refractivity contribution in [3.05, 3.63) is 90.4 Å². The van der Waals surface area contributed by atoms with Crippen LogP contribution in [0, 0.1) is 6.92 Å². The number of anilines is 2. The van der Waals surface area contributed by atoms with Crippen LogP contribution in [0.2, 0.25) is 0 Å². The summed E-state index contributed by atoms with van der Waals surface area (Å²) in [5, 5.41) is 2.39. The predicted octanol–water partition coefficient (Wildman–Crippen LogP) is 5.84. The van der Waals surface area contributed by atoms with Crippen molar-refractivity contribution in [3.8, 4) is 0 Å². The van der Waals surface area contributed by atoms with Gasteiger partial charge >= 0.3 is 0 Å². The van der Waals surface area contributed by atoms with Gasteiger partial charge in [0, 0.05) is 24.3 Å². The van der Waals surface area contributed by atoms with E-state index in [0.29, 0.717) is 0 Å².